The molecule has 0 atom stereocenters. The molecule has 9 nitrogen and oxygen atoms in total. The largest absolute Gasteiger partial charge is 0.496 e. The summed E-state index contributed by atoms with van der Waals surface area (Å²) in [5, 5.41) is 20.6. The lowest BCUT2D eigenvalue weighted by atomic mass is 9.48. The Balaban J connectivity index is 1.38. The fourth-order valence-corrected chi connectivity index (χ4v) is 8.65. The molecule has 4 saturated carbocycles. The van der Waals surface area contributed by atoms with E-state index in [-0.39, 0.29) is 17.5 Å². The predicted molar refractivity (Wildman–Crippen MR) is 167 cm³/mol. The normalized spacial score (nSPS) is 25.2. The van der Waals surface area contributed by atoms with Gasteiger partial charge < -0.3 is 25.6 Å². The second-order valence-corrected chi connectivity index (χ2v) is 12.6. The lowest BCUT2D eigenvalue weighted by Crippen LogP contribution is -2.70. The van der Waals surface area contributed by atoms with Crippen LogP contribution in [0.2, 0.25) is 0 Å². The number of hydrogen-bond donors (Lipinski definition) is 3. The lowest BCUT2D eigenvalue weighted by molar-refractivity contribution is -0.163. The van der Waals surface area contributed by atoms with Crippen molar-refractivity contribution in [1.29, 1.82) is 0 Å². The van der Waals surface area contributed by atoms with E-state index in [0.717, 1.165) is 54.1 Å². The van der Waals surface area contributed by atoms with Crippen LogP contribution in [0.5, 0.6) is 11.5 Å². The zero-order valence-corrected chi connectivity index (χ0v) is 25.1. The maximum absolute atomic E-state index is 14.2. The molecule has 1 aromatic heterocycles. The van der Waals surface area contributed by atoms with E-state index in [1.807, 2.05) is 48.5 Å². The van der Waals surface area contributed by atoms with E-state index in [9.17, 15) is 14.7 Å². The van der Waals surface area contributed by atoms with Crippen molar-refractivity contribution in [2.45, 2.75) is 44.1 Å². The number of carboxylic acid groups (broad SMARTS) is 1. The van der Waals surface area contributed by atoms with Crippen LogP contribution in [0.4, 0.5) is 0 Å². The molecule has 4 aromatic rings. The van der Waals surface area contributed by atoms with Crippen molar-refractivity contribution in [2.24, 2.45) is 29.4 Å². The standard InChI is InChI=1S/C35H38N4O5/c1-43-30-8-5-9-31(44-2)32(30)29-19-27(38-39(29)28-11-10-22(12-13-36)25-6-3-4-7-26(25)28)33(40)37-35(34(41)42)23-15-20-14-21(17-23)18-24(35)16-20/h3-11,19-21,23-24H,12-18,36H2,1-2H3,(H,37,40)(H,41,42). The van der Waals surface area contributed by atoms with Crippen LogP contribution in [0.25, 0.3) is 27.7 Å². The van der Waals surface area contributed by atoms with Gasteiger partial charge in [-0.1, -0.05) is 36.4 Å². The number of fused-ring (bicyclic) bond motifs is 1. The van der Waals surface area contributed by atoms with Gasteiger partial charge in [-0.05, 0) is 104 Å². The van der Waals surface area contributed by atoms with Crippen molar-refractivity contribution in [3.63, 3.8) is 0 Å². The van der Waals surface area contributed by atoms with Gasteiger partial charge in [0.25, 0.3) is 5.91 Å². The van der Waals surface area contributed by atoms with E-state index < -0.39 is 17.4 Å². The van der Waals surface area contributed by atoms with Crippen molar-refractivity contribution in [3.05, 3.63) is 71.9 Å². The van der Waals surface area contributed by atoms with E-state index in [2.05, 4.69) is 11.4 Å². The molecule has 4 bridgehead atoms. The van der Waals surface area contributed by atoms with Crippen LogP contribution in [0, 0.1) is 23.7 Å². The number of aromatic nitrogens is 2. The summed E-state index contributed by atoms with van der Waals surface area (Å²) in [6, 6.07) is 19.3. The number of hydrogen-bond acceptors (Lipinski definition) is 6. The minimum atomic E-state index is -1.28. The summed E-state index contributed by atoms with van der Waals surface area (Å²) in [6.07, 6.45) is 5.29. The van der Waals surface area contributed by atoms with E-state index in [1.165, 1.54) is 6.42 Å². The monoisotopic (exact) mass is 594 g/mol. The van der Waals surface area contributed by atoms with E-state index in [1.54, 1.807) is 25.0 Å². The molecule has 0 saturated heterocycles. The van der Waals surface area contributed by atoms with Gasteiger partial charge in [0.05, 0.1) is 31.2 Å². The van der Waals surface area contributed by atoms with Crippen molar-refractivity contribution in [1.82, 2.24) is 15.1 Å². The molecule has 3 aromatic carbocycles. The van der Waals surface area contributed by atoms with Crippen LogP contribution in [0.15, 0.2) is 60.7 Å². The molecule has 0 unspecified atom stereocenters. The van der Waals surface area contributed by atoms with Gasteiger partial charge in [-0.3, -0.25) is 4.79 Å². The van der Waals surface area contributed by atoms with Crippen LogP contribution >= 0.6 is 0 Å². The Labute approximate surface area is 256 Å². The third-order valence-electron chi connectivity index (χ3n) is 10.4. The number of benzene rings is 3. The number of carbonyl (C=O) groups is 2. The van der Waals surface area contributed by atoms with Crippen molar-refractivity contribution in [2.75, 3.05) is 20.8 Å². The number of nitrogens with zero attached hydrogens (tertiary/aromatic N) is 2. The second kappa shape index (κ2) is 11.0. The third-order valence-corrected chi connectivity index (χ3v) is 10.4. The Hall–Kier alpha value is -4.37. The number of ether oxygens (including phenoxy) is 2. The predicted octanol–water partition coefficient (Wildman–Crippen LogP) is 5.22. The number of rotatable bonds is 9. The third kappa shape index (κ3) is 4.36. The molecule has 0 spiro atoms. The summed E-state index contributed by atoms with van der Waals surface area (Å²) in [5.41, 5.74) is 7.90. The van der Waals surface area contributed by atoms with Crippen LogP contribution in [0.3, 0.4) is 0 Å². The van der Waals surface area contributed by atoms with Gasteiger partial charge in [0, 0.05) is 5.39 Å². The lowest BCUT2D eigenvalue weighted by Gasteiger charge is -2.59. The minimum absolute atomic E-state index is 0.0740. The van der Waals surface area contributed by atoms with Gasteiger partial charge in [-0.15, -0.1) is 0 Å². The maximum Gasteiger partial charge on any atom is 0.330 e. The number of aliphatic carboxylic acids is 1. The molecule has 4 aliphatic rings. The quantitative estimate of drug-likeness (QED) is 0.242. The Kier molecular flexibility index (Phi) is 7.08. The Morgan fingerprint density at radius 3 is 2.16 bits per heavy atom. The summed E-state index contributed by atoms with van der Waals surface area (Å²) >= 11 is 0. The van der Waals surface area contributed by atoms with Gasteiger partial charge in [0.1, 0.15) is 17.0 Å². The number of carbonyl (C=O) groups excluding carboxylic acids is 1. The molecule has 44 heavy (non-hydrogen) atoms. The highest BCUT2D eigenvalue weighted by Gasteiger charge is 2.62. The molecule has 8 rings (SSSR count). The first kappa shape index (κ1) is 28.4. The Morgan fingerprint density at radius 2 is 1.57 bits per heavy atom. The van der Waals surface area contributed by atoms with E-state index >= 15 is 0 Å². The highest BCUT2D eigenvalue weighted by atomic mass is 16.5. The summed E-state index contributed by atoms with van der Waals surface area (Å²) in [4.78, 5) is 27.2. The van der Waals surface area contributed by atoms with Gasteiger partial charge >= 0.3 is 5.97 Å². The SMILES string of the molecule is COc1cccc(OC)c1-c1cc(C(=O)NC2(C(=O)O)C3CC4CC(C3)CC2C4)nn1-c1ccc(CCN)c2ccccc12. The van der Waals surface area contributed by atoms with Crippen LogP contribution in [-0.2, 0) is 11.2 Å². The average molecular weight is 595 g/mol. The smallest absolute Gasteiger partial charge is 0.330 e. The van der Waals surface area contributed by atoms with E-state index in [0.29, 0.717) is 41.1 Å². The number of nitrogens with two attached hydrogens (primary N) is 1. The van der Waals surface area contributed by atoms with Crippen LogP contribution in [-0.4, -0.2) is 53.1 Å². The molecule has 0 aliphatic heterocycles. The summed E-state index contributed by atoms with van der Waals surface area (Å²) in [6.45, 7) is 0.522. The summed E-state index contributed by atoms with van der Waals surface area (Å²) < 4.78 is 13.3. The fourth-order valence-electron chi connectivity index (χ4n) is 8.65. The molecule has 1 amide bonds. The first-order valence-electron chi connectivity index (χ1n) is 15.5. The Bertz CT molecular complexity index is 1710. The number of amides is 1. The van der Waals surface area contributed by atoms with Gasteiger partial charge in [0.2, 0.25) is 0 Å². The average Bonchev–Trinajstić information content (AvgIpc) is 3.47. The van der Waals surface area contributed by atoms with E-state index in [4.69, 9.17) is 20.3 Å². The molecule has 4 aliphatic carbocycles. The van der Waals surface area contributed by atoms with Crippen molar-refractivity contribution < 1.29 is 24.2 Å². The number of carboxylic acids is 1. The zero-order chi connectivity index (χ0) is 30.6. The molecule has 1 heterocycles. The first-order chi connectivity index (χ1) is 21.4. The fraction of sp³-hybridized carbons (Fsp3) is 0.400. The summed E-state index contributed by atoms with van der Waals surface area (Å²) in [7, 11) is 3.18. The molecule has 0 radical (unpaired) electrons. The maximum atomic E-state index is 14.2. The molecule has 4 N–H and O–H groups in total. The van der Waals surface area contributed by atoms with Gasteiger partial charge in [0.15, 0.2) is 5.69 Å². The first-order valence-corrected chi connectivity index (χ1v) is 15.5. The Morgan fingerprint density at radius 1 is 0.932 bits per heavy atom. The highest BCUT2D eigenvalue weighted by Crippen LogP contribution is 2.58. The molecule has 4 fully saturated rings. The van der Waals surface area contributed by atoms with Gasteiger partial charge in [-0.25, -0.2) is 9.48 Å². The number of methoxy groups -OCH3 is 2. The molecule has 9 heteroatoms. The highest BCUT2D eigenvalue weighted by molar-refractivity contribution is 5.99. The van der Waals surface area contributed by atoms with Gasteiger partial charge in [-0.2, -0.15) is 5.10 Å². The second-order valence-electron chi connectivity index (χ2n) is 12.6. The molecule has 228 valence electrons. The molecular formula is C35H38N4O5. The van der Waals surface area contributed by atoms with Crippen molar-refractivity contribution in [3.8, 4) is 28.4 Å². The zero-order valence-electron chi connectivity index (χ0n) is 25.1. The van der Waals surface area contributed by atoms with Crippen molar-refractivity contribution >= 4 is 22.6 Å². The number of nitrogens with one attached hydrogen (secondary N) is 1. The minimum Gasteiger partial charge on any atom is -0.496 e. The van der Waals surface area contributed by atoms with Crippen LogP contribution < -0.4 is 20.5 Å². The van der Waals surface area contributed by atoms with Crippen LogP contribution in [0.1, 0.15) is 48.2 Å². The summed E-state index contributed by atoms with van der Waals surface area (Å²) in [5.74, 6) is 0.659. The molecular weight excluding hydrogens is 556 g/mol. The topological polar surface area (TPSA) is 129 Å².